The molecule has 416 valence electrons. The number of unbranched alkanes of at least 4 members (excludes halogenated alkanes) is 36. The van der Waals surface area contributed by atoms with Crippen molar-refractivity contribution in [2.24, 2.45) is 5.73 Å². The van der Waals surface area contributed by atoms with Crippen LogP contribution in [0.5, 0.6) is 0 Å². The Hall–Kier alpha value is -2.03. The third-order valence-electron chi connectivity index (χ3n) is 13.2. The maximum absolute atomic E-state index is 12.7. The molecule has 2 unspecified atom stereocenters. The van der Waals surface area contributed by atoms with Crippen molar-refractivity contribution in [3.63, 3.8) is 0 Å². The molecule has 9 nitrogen and oxygen atoms in total. The average Bonchev–Trinajstić information content (AvgIpc) is 3.36. The second kappa shape index (κ2) is 57.3. The molecule has 0 aromatic heterocycles. The number of carbonyl (C=O) groups excluding carboxylic acids is 2. The highest BCUT2D eigenvalue weighted by molar-refractivity contribution is 7.47. The van der Waals surface area contributed by atoms with Gasteiger partial charge in [-0.05, 0) is 51.4 Å². The lowest BCUT2D eigenvalue weighted by Crippen LogP contribution is -2.29. The van der Waals surface area contributed by atoms with Crippen molar-refractivity contribution in [3.05, 3.63) is 48.6 Å². The minimum atomic E-state index is -4.39. The van der Waals surface area contributed by atoms with E-state index in [1.165, 1.54) is 180 Å². The lowest BCUT2D eigenvalue weighted by molar-refractivity contribution is -0.161. The second-order valence-corrected chi connectivity index (χ2v) is 21.7. The van der Waals surface area contributed by atoms with E-state index in [2.05, 4.69) is 62.5 Å². The highest BCUT2D eigenvalue weighted by atomic mass is 31.2. The van der Waals surface area contributed by atoms with Gasteiger partial charge in [-0.1, -0.05) is 281 Å². The quantitative estimate of drug-likeness (QED) is 0.0264. The maximum Gasteiger partial charge on any atom is 0.472 e. The van der Waals surface area contributed by atoms with E-state index >= 15 is 0 Å². The Morgan fingerprint density at radius 3 is 1.15 bits per heavy atom. The van der Waals surface area contributed by atoms with E-state index in [9.17, 15) is 19.0 Å². The molecule has 0 rings (SSSR count). The standard InChI is InChI=1S/C61H114NO8P/c1-3-5-7-9-11-13-15-17-19-21-23-24-25-26-27-28-29-30-31-32-33-34-36-37-39-41-43-45-47-49-51-53-60(63)67-57-59(58-69-71(65,66)68-56-55-62)70-61(64)54-52-50-48-46-44-42-40-38-35-22-20-18-16-14-12-10-8-6-4-2/h6,8,12,14,18,20,35,38,59H,3-5,7,9-11,13,15-17,19,21-34,36-37,39-58,62H2,1-2H3,(H,65,66)/b8-6-,14-12-,20-18-,38-35-. The summed E-state index contributed by atoms with van der Waals surface area (Å²) in [6, 6.07) is 0. The molecule has 0 aromatic rings. The fraction of sp³-hybridized carbons (Fsp3) is 0.836. The Morgan fingerprint density at radius 1 is 0.437 bits per heavy atom. The second-order valence-electron chi connectivity index (χ2n) is 20.2. The summed E-state index contributed by atoms with van der Waals surface area (Å²) >= 11 is 0. The number of nitrogens with two attached hydrogens (primary N) is 1. The van der Waals surface area contributed by atoms with Crippen molar-refractivity contribution in [2.75, 3.05) is 26.4 Å². The monoisotopic (exact) mass is 1020 g/mol. The third kappa shape index (κ3) is 57.1. The number of rotatable bonds is 57. The van der Waals surface area contributed by atoms with Gasteiger partial charge < -0.3 is 20.1 Å². The van der Waals surface area contributed by atoms with E-state index in [-0.39, 0.29) is 38.6 Å². The van der Waals surface area contributed by atoms with Gasteiger partial charge in [0.25, 0.3) is 0 Å². The first kappa shape index (κ1) is 69.0. The number of hydrogen-bond donors (Lipinski definition) is 2. The van der Waals surface area contributed by atoms with Gasteiger partial charge >= 0.3 is 19.8 Å². The molecule has 10 heteroatoms. The molecule has 0 aliphatic carbocycles. The normalized spacial score (nSPS) is 13.4. The molecule has 0 aliphatic rings. The molecule has 0 heterocycles. The Morgan fingerprint density at radius 2 is 0.775 bits per heavy atom. The van der Waals surface area contributed by atoms with Gasteiger partial charge in [-0.2, -0.15) is 0 Å². The molecule has 71 heavy (non-hydrogen) atoms. The first-order chi connectivity index (χ1) is 34.8. The van der Waals surface area contributed by atoms with Crippen molar-refractivity contribution in [3.8, 4) is 0 Å². The molecule has 0 amide bonds. The molecule has 0 saturated heterocycles. The van der Waals surface area contributed by atoms with Gasteiger partial charge in [0.15, 0.2) is 6.10 Å². The first-order valence-electron chi connectivity index (χ1n) is 30.1. The highest BCUT2D eigenvalue weighted by Gasteiger charge is 2.26. The predicted molar refractivity (Wildman–Crippen MR) is 303 cm³/mol. The van der Waals surface area contributed by atoms with Gasteiger partial charge in [-0.25, -0.2) is 4.57 Å². The third-order valence-corrected chi connectivity index (χ3v) is 14.2. The molecular formula is C61H114NO8P. The minimum absolute atomic E-state index is 0.0505. The zero-order valence-corrected chi connectivity index (χ0v) is 47.4. The van der Waals surface area contributed by atoms with Gasteiger partial charge in [-0.3, -0.25) is 18.6 Å². The van der Waals surface area contributed by atoms with Crippen LogP contribution < -0.4 is 5.73 Å². The minimum Gasteiger partial charge on any atom is -0.462 e. The molecule has 0 aromatic carbocycles. The van der Waals surface area contributed by atoms with Crippen LogP contribution in [0.25, 0.3) is 0 Å². The van der Waals surface area contributed by atoms with E-state index in [4.69, 9.17) is 24.3 Å². The lowest BCUT2D eigenvalue weighted by atomic mass is 10.0. The summed E-state index contributed by atoms with van der Waals surface area (Å²) < 4.78 is 33.0. The van der Waals surface area contributed by atoms with Crippen LogP contribution in [-0.4, -0.2) is 49.3 Å². The van der Waals surface area contributed by atoms with E-state index in [1.54, 1.807) is 0 Å². The number of phosphoric acid groups is 1. The van der Waals surface area contributed by atoms with Crippen LogP contribution in [0, 0.1) is 0 Å². The summed E-state index contributed by atoms with van der Waals surface area (Å²) in [5.41, 5.74) is 5.38. The molecule has 0 bridgehead atoms. The van der Waals surface area contributed by atoms with Gasteiger partial charge in [-0.15, -0.1) is 0 Å². The Balaban J connectivity index is 3.87. The zero-order valence-electron chi connectivity index (χ0n) is 46.5. The lowest BCUT2D eigenvalue weighted by Gasteiger charge is -2.19. The summed E-state index contributed by atoms with van der Waals surface area (Å²) in [6.07, 6.45) is 70.5. The summed E-state index contributed by atoms with van der Waals surface area (Å²) in [5, 5.41) is 0. The summed E-state index contributed by atoms with van der Waals surface area (Å²) in [5.74, 6) is -0.833. The fourth-order valence-electron chi connectivity index (χ4n) is 8.81. The summed E-state index contributed by atoms with van der Waals surface area (Å²) in [7, 11) is -4.39. The number of phosphoric ester groups is 1. The van der Waals surface area contributed by atoms with Crippen LogP contribution in [0.3, 0.4) is 0 Å². The molecule has 0 radical (unpaired) electrons. The fourth-order valence-corrected chi connectivity index (χ4v) is 9.57. The van der Waals surface area contributed by atoms with E-state index in [1.807, 2.05) is 0 Å². The molecule has 0 saturated carbocycles. The smallest absolute Gasteiger partial charge is 0.462 e. The van der Waals surface area contributed by atoms with Crippen molar-refractivity contribution in [1.82, 2.24) is 0 Å². The van der Waals surface area contributed by atoms with Gasteiger partial charge in [0, 0.05) is 19.4 Å². The SMILES string of the molecule is CC/C=C\C/C=C\C/C=C\C/C=C\CCCCCCCCC(=O)OC(COC(=O)CCCCCCCCCCCCCCCCCCCCCCCCCCCCCCCCC)COP(=O)(O)OCCN. The summed E-state index contributed by atoms with van der Waals surface area (Å²) in [4.78, 5) is 35.2. The van der Waals surface area contributed by atoms with Gasteiger partial charge in [0.2, 0.25) is 0 Å². The molecule has 0 fully saturated rings. The molecule has 3 N–H and O–H groups in total. The van der Waals surface area contributed by atoms with E-state index < -0.39 is 26.5 Å². The van der Waals surface area contributed by atoms with Crippen LogP contribution in [0.15, 0.2) is 48.6 Å². The number of allylic oxidation sites excluding steroid dienone is 8. The molecule has 2 atom stereocenters. The van der Waals surface area contributed by atoms with Crippen molar-refractivity contribution >= 4 is 19.8 Å². The van der Waals surface area contributed by atoms with E-state index in [0.717, 1.165) is 83.5 Å². The van der Waals surface area contributed by atoms with Crippen molar-refractivity contribution < 1.29 is 37.6 Å². The number of hydrogen-bond acceptors (Lipinski definition) is 8. The molecular weight excluding hydrogens is 906 g/mol. The van der Waals surface area contributed by atoms with E-state index in [0.29, 0.717) is 6.42 Å². The number of esters is 2. The Bertz CT molecular complexity index is 1300. The Labute approximate surface area is 438 Å². The van der Waals surface area contributed by atoms with Crippen LogP contribution in [0.4, 0.5) is 0 Å². The zero-order chi connectivity index (χ0) is 51.7. The topological polar surface area (TPSA) is 134 Å². The van der Waals surface area contributed by atoms with Crippen LogP contribution in [0.1, 0.15) is 296 Å². The maximum atomic E-state index is 12.7. The van der Waals surface area contributed by atoms with Crippen molar-refractivity contribution in [2.45, 2.75) is 302 Å². The van der Waals surface area contributed by atoms with Crippen LogP contribution in [0.2, 0.25) is 0 Å². The molecule has 0 aliphatic heterocycles. The predicted octanol–water partition coefficient (Wildman–Crippen LogP) is 19.0. The van der Waals surface area contributed by atoms with Gasteiger partial charge in [0.1, 0.15) is 6.61 Å². The average molecular weight is 1020 g/mol. The highest BCUT2D eigenvalue weighted by Crippen LogP contribution is 2.43. The summed E-state index contributed by atoms with van der Waals surface area (Å²) in [6.45, 7) is 3.66. The van der Waals surface area contributed by atoms with Crippen molar-refractivity contribution in [1.29, 1.82) is 0 Å². The Kier molecular flexibility index (Phi) is 55.6. The van der Waals surface area contributed by atoms with Crippen LogP contribution in [-0.2, 0) is 32.7 Å². The first-order valence-corrected chi connectivity index (χ1v) is 31.6. The molecule has 0 spiro atoms. The van der Waals surface area contributed by atoms with Crippen LogP contribution >= 0.6 is 7.82 Å². The van der Waals surface area contributed by atoms with Gasteiger partial charge in [0.05, 0.1) is 13.2 Å². The number of carbonyl (C=O) groups is 2. The number of ether oxygens (including phenoxy) is 2. The largest absolute Gasteiger partial charge is 0.472 e.